The Morgan fingerprint density at radius 1 is 1.00 bits per heavy atom. The van der Waals surface area contributed by atoms with Gasteiger partial charge in [-0.1, -0.05) is 47.6 Å². The second kappa shape index (κ2) is 9.47. The summed E-state index contributed by atoms with van der Waals surface area (Å²) in [6, 6.07) is 20.8. The van der Waals surface area contributed by atoms with Gasteiger partial charge < -0.3 is 19.7 Å². The number of phenolic OH excluding ortho intramolecular Hbond substituents is 1. The Balaban J connectivity index is 1.68. The molecule has 0 saturated heterocycles. The molecule has 1 aliphatic rings. The van der Waals surface area contributed by atoms with E-state index >= 15 is 0 Å². The first-order valence-corrected chi connectivity index (χ1v) is 11.9. The van der Waals surface area contributed by atoms with Gasteiger partial charge in [-0.2, -0.15) is 4.98 Å². The quantitative estimate of drug-likeness (QED) is 0.327. The maximum atomic E-state index is 10.5. The standard InChI is InChI=1S/C28H26N4O3S/c1-16-12-17(2)14-21(13-16)32-18(3)24(27-30-26(31-35-27)19-8-6-5-7-9-19)25(29-28(32)36)20-10-11-23(34-4)22(33)15-20/h5-15,25,33H,1-4H3,(H,29,36). The number of allylic oxidation sites excluding steroid dienone is 1. The molecule has 3 aromatic carbocycles. The predicted octanol–water partition coefficient (Wildman–Crippen LogP) is 5.93. The van der Waals surface area contributed by atoms with E-state index in [1.165, 1.54) is 7.11 Å². The van der Waals surface area contributed by atoms with Crippen molar-refractivity contribution in [2.24, 2.45) is 0 Å². The van der Waals surface area contributed by atoms with Gasteiger partial charge in [0.2, 0.25) is 5.82 Å². The summed E-state index contributed by atoms with van der Waals surface area (Å²) >= 11 is 5.84. The number of aryl methyl sites for hydroxylation is 2. The predicted molar refractivity (Wildman–Crippen MR) is 144 cm³/mol. The molecular weight excluding hydrogens is 472 g/mol. The lowest BCUT2D eigenvalue weighted by Gasteiger charge is -2.37. The van der Waals surface area contributed by atoms with Crippen LogP contribution in [0.4, 0.5) is 5.69 Å². The number of thiocarbonyl (C=S) groups is 1. The molecule has 2 N–H and O–H groups in total. The number of rotatable bonds is 5. The summed E-state index contributed by atoms with van der Waals surface area (Å²) in [5.74, 6) is 1.29. The fraction of sp³-hybridized carbons (Fsp3) is 0.179. The summed E-state index contributed by atoms with van der Waals surface area (Å²) in [5.41, 5.74) is 6.47. The smallest absolute Gasteiger partial charge is 0.258 e. The van der Waals surface area contributed by atoms with Crippen molar-refractivity contribution in [3.8, 4) is 22.9 Å². The summed E-state index contributed by atoms with van der Waals surface area (Å²) in [5, 5.41) is 18.7. The first-order valence-electron chi connectivity index (χ1n) is 11.5. The summed E-state index contributed by atoms with van der Waals surface area (Å²) in [6.45, 7) is 6.11. The summed E-state index contributed by atoms with van der Waals surface area (Å²) < 4.78 is 11.0. The number of hydrogen-bond donors (Lipinski definition) is 2. The van der Waals surface area contributed by atoms with Crippen LogP contribution in [-0.2, 0) is 0 Å². The summed E-state index contributed by atoms with van der Waals surface area (Å²) in [4.78, 5) is 6.73. The number of aromatic nitrogens is 2. The van der Waals surface area contributed by atoms with Gasteiger partial charge >= 0.3 is 0 Å². The molecule has 36 heavy (non-hydrogen) atoms. The highest BCUT2D eigenvalue weighted by Crippen LogP contribution is 2.41. The lowest BCUT2D eigenvalue weighted by atomic mass is 9.94. The van der Waals surface area contributed by atoms with E-state index in [-0.39, 0.29) is 5.75 Å². The highest BCUT2D eigenvalue weighted by Gasteiger charge is 2.35. The molecule has 1 atom stereocenters. The van der Waals surface area contributed by atoms with Gasteiger partial charge in [-0.3, -0.25) is 4.90 Å². The van der Waals surface area contributed by atoms with Crippen molar-refractivity contribution in [3.05, 3.63) is 95.0 Å². The number of anilines is 1. The van der Waals surface area contributed by atoms with Crippen molar-refractivity contribution >= 4 is 28.6 Å². The molecule has 0 bridgehead atoms. The van der Waals surface area contributed by atoms with Gasteiger partial charge in [0.25, 0.3) is 5.89 Å². The lowest BCUT2D eigenvalue weighted by Crippen LogP contribution is -2.46. The van der Waals surface area contributed by atoms with Crippen LogP contribution in [0.25, 0.3) is 17.0 Å². The van der Waals surface area contributed by atoms with Gasteiger partial charge in [0.15, 0.2) is 16.6 Å². The van der Waals surface area contributed by atoms with E-state index < -0.39 is 6.04 Å². The van der Waals surface area contributed by atoms with E-state index in [1.54, 1.807) is 12.1 Å². The van der Waals surface area contributed by atoms with Crippen molar-refractivity contribution in [2.75, 3.05) is 12.0 Å². The van der Waals surface area contributed by atoms with Crippen molar-refractivity contribution < 1.29 is 14.4 Å². The van der Waals surface area contributed by atoms with Gasteiger partial charge in [0.05, 0.1) is 18.7 Å². The molecule has 0 saturated carbocycles. The first kappa shape index (κ1) is 23.6. The van der Waals surface area contributed by atoms with E-state index in [0.717, 1.165) is 39.2 Å². The van der Waals surface area contributed by atoms with Crippen molar-refractivity contribution in [1.29, 1.82) is 0 Å². The zero-order valence-corrected chi connectivity index (χ0v) is 21.3. The van der Waals surface area contributed by atoms with E-state index in [2.05, 4.69) is 42.5 Å². The summed E-state index contributed by atoms with van der Waals surface area (Å²) in [7, 11) is 1.52. The number of phenols is 1. The number of methoxy groups -OCH3 is 1. The molecule has 1 aliphatic heterocycles. The molecule has 0 aliphatic carbocycles. The third-order valence-corrected chi connectivity index (χ3v) is 6.47. The molecular formula is C28H26N4O3S. The average Bonchev–Trinajstić information content (AvgIpc) is 3.33. The topological polar surface area (TPSA) is 83.7 Å². The molecule has 0 amide bonds. The minimum Gasteiger partial charge on any atom is -0.504 e. The molecule has 0 radical (unpaired) electrons. The normalized spacial score (nSPS) is 15.7. The van der Waals surface area contributed by atoms with Crippen LogP contribution in [0.5, 0.6) is 11.5 Å². The second-order valence-electron chi connectivity index (χ2n) is 8.78. The highest BCUT2D eigenvalue weighted by molar-refractivity contribution is 7.80. The Kier molecular flexibility index (Phi) is 6.20. The van der Waals surface area contributed by atoms with Crippen LogP contribution in [0.2, 0.25) is 0 Å². The van der Waals surface area contributed by atoms with E-state index in [4.69, 9.17) is 26.5 Å². The Bertz CT molecular complexity index is 1460. The second-order valence-corrected chi connectivity index (χ2v) is 9.17. The Hall–Kier alpha value is -4.17. The zero-order chi connectivity index (χ0) is 25.4. The van der Waals surface area contributed by atoms with Crippen LogP contribution in [-0.4, -0.2) is 27.5 Å². The molecule has 8 heteroatoms. The van der Waals surface area contributed by atoms with Gasteiger partial charge in [0.1, 0.15) is 0 Å². The van der Waals surface area contributed by atoms with E-state index in [0.29, 0.717) is 22.6 Å². The minimum absolute atomic E-state index is 0.0342. The molecule has 5 rings (SSSR count). The maximum absolute atomic E-state index is 10.5. The number of hydrogen-bond acceptors (Lipinski definition) is 6. The monoisotopic (exact) mass is 498 g/mol. The van der Waals surface area contributed by atoms with Crippen LogP contribution in [0.1, 0.15) is 35.5 Å². The summed E-state index contributed by atoms with van der Waals surface area (Å²) in [6.07, 6.45) is 0. The van der Waals surface area contributed by atoms with E-state index in [9.17, 15) is 5.11 Å². The van der Waals surface area contributed by atoms with Gasteiger partial charge in [0, 0.05) is 16.9 Å². The number of benzene rings is 3. The van der Waals surface area contributed by atoms with Crippen molar-refractivity contribution in [1.82, 2.24) is 15.5 Å². The highest BCUT2D eigenvalue weighted by atomic mass is 32.1. The van der Waals surface area contributed by atoms with Crippen molar-refractivity contribution in [2.45, 2.75) is 26.8 Å². The first-order chi connectivity index (χ1) is 17.4. The Morgan fingerprint density at radius 2 is 1.72 bits per heavy atom. The number of ether oxygens (including phenoxy) is 1. The Labute approximate surface area is 215 Å². The van der Waals surface area contributed by atoms with Crippen LogP contribution >= 0.6 is 12.2 Å². The third kappa shape index (κ3) is 4.31. The van der Waals surface area contributed by atoms with Gasteiger partial charge in [-0.25, -0.2) is 0 Å². The molecule has 0 spiro atoms. The van der Waals surface area contributed by atoms with E-state index in [1.807, 2.05) is 48.2 Å². The lowest BCUT2D eigenvalue weighted by molar-refractivity contribution is 0.372. The molecule has 7 nitrogen and oxygen atoms in total. The molecule has 0 fully saturated rings. The van der Waals surface area contributed by atoms with Gasteiger partial charge in [-0.15, -0.1) is 0 Å². The van der Waals surface area contributed by atoms with Crippen LogP contribution in [0, 0.1) is 13.8 Å². The zero-order valence-electron chi connectivity index (χ0n) is 20.4. The molecule has 1 unspecified atom stereocenters. The SMILES string of the molecule is COc1ccc(C2NC(=S)N(c3cc(C)cc(C)c3)C(C)=C2c2nc(-c3ccccc3)no2)cc1O. The van der Waals surface area contributed by atoms with Crippen LogP contribution in [0.15, 0.2) is 77.0 Å². The largest absolute Gasteiger partial charge is 0.504 e. The fourth-order valence-electron chi connectivity index (χ4n) is 4.58. The van der Waals surface area contributed by atoms with Gasteiger partial charge in [-0.05, 0) is 73.9 Å². The number of aromatic hydroxyl groups is 1. The molecule has 2 heterocycles. The van der Waals surface area contributed by atoms with Crippen LogP contribution < -0.4 is 15.0 Å². The van der Waals surface area contributed by atoms with Crippen molar-refractivity contribution in [3.63, 3.8) is 0 Å². The van der Waals surface area contributed by atoms with Crippen LogP contribution in [0.3, 0.4) is 0 Å². The number of nitrogens with one attached hydrogen (secondary N) is 1. The molecule has 182 valence electrons. The Morgan fingerprint density at radius 3 is 2.39 bits per heavy atom. The molecule has 1 aromatic heterocycles. The minimum atomic E-state index is -0.430. The number of nitrogens with zero attached hydrogens (tertiary/aromatic N) is 3. The maximum Gasteiger partial charge on any atom is 0.258 e. The average molecular weight is 499 g/mol. The fourth-order valence-corrected chi connectivity index (χ4v) is 4.94. The molecule has 4 aromatic rings. The third-order valence-electron chi connectivity index (χ3n) is 6.17.